The van der Waals surface area contributed by atoms with E-state index < -0.39 is 26.5 Å². The minimum absolute atomic E-state index is 0.0110. The van der Waals surface area contributed by atoms with Gasteiger partial charge in [-0.1, -0.05) is 6.07 Å². The summed E-state index contributed by atoms with van der Waals surface area (Å²) in [6, 6.07) is 9.75. The van der Waals surface area contributed by atoms with Crippen molar-refractivity contribution in [2.75, 3.05) is 35.5 Å². The second-order valence-corrected chi connectivity index (χ2v) is 13.5. The highest BCUT2D eigenvalue weighted by atomic mass is 32.2. The second-order valence-electron chi connectivity index (χ2n) is 11.3. The minimum Gasteiger partial charge on any atom is -0.349 e. The van der Waals surface area contributed by atoms with Gasteiger partial charge in [0.05, 0.1) is 16.0 Å². The van der Waals surface area contributed by atoms with E-state index >= 15 is 0 Å². The predicted molar refractivity (Wildman–Crippen MR) is 159 cm³/mol. The Balaban J connectivity index is 1.27. The van der Waals surface area contributed by atoms with E-state index in [9.17, 15) is 17.6 Å². The normalized spacial score (nSPS) is 17.1. The van der Waals surface area contributed by atoms with Gasteiger partial charge in [0.15, 0.2) is 0 Å². The zero-order chi connectivity index (χ0) is 29.4. The molecule has 12 heteroatoms. The number of nitrogens with one attached hydrogen (secondary N) is 4. The number of benzene rings is 2. The highest BCUT2D eigenvalue weighted by Crippen LogP contribution is 2.43. The third kappa shape index (κ3) is 6.59. The molecule has 1 amide bonds. The van der Waals surface area contributed by atoms with Crippen molar-refractivity contribution >= 4 is 44.8 Å². The van der Waals surface area contributed by atoms with Crippen molar-refractivity contribution in [3.8, 4) is 0 Å². The van der Waals surface area contributed by atoms with Gasteiger partial charge in [-0.15, -0.1) is 0 Å². The van der Waals surface area contributed by atoms with Crippen molar-refractivity contribution < 1.29 is 17.6 Å². The van der Waals surface area contributed by atoms with E-state index in [4.69, 9.17) is 0 Å². The Morgan fingerprint density at radius 3 is 2.39 bits per heavy atom. The van der Waals surface area contributed by atoms with Crippen molar-refractivity contribution in [3.63, 3.8) is 0 Å². The van der Waals surface area contributed by atoms with Gasteiger partial charge < -0.3 is 20.9 Å². The Morgan fingerprint density at radius 1 is 1.02 bits per heavy atom. The van der Waals surface area contributed by atoms with Crippen molar-refractivity contribution in [1.82, 2.24) is 20.2 Å². The fourth-order valence-corrected chi connectivity index (χ4v) is 6.01. The quantitative estimate of drug-likeness (QED) is 0.283. The lowest BCUT2D eigenvalue weighted by Crippen LogP contribution is -2.43. The van der Waals surface area contributed by atoms with Crippen LogP contribution in [0, 0.1) is 19.7 Å². The number of likely N-dealkylation sites (tertiary alicyclic amines) is 1. The molecule has 1 saturated carbocycles. The molecule has 218 valence electrons. The monoisotopic (exact) mass is 581 g/mol. The molecule has 5 rings (SSSR count). The van der Waals surface area contributed by atoms with E-state index in [1.807, 2.05) is 33.0 Å². The summed E-state index contributed by atoms with van der Waals surface area (Å²) in [5.74, 6) is -0.326. The Morgan fingerprint density at radius 2 is 1.71 bits per heavy atom. The molecule has 1 aliphatic carbocycles. The Bertz CT molecular complexity index is 1570. The number of hydrogen-bond acceptors (Lipinski definition) is 8. The van der Waals surface area contributed by atoms with Crippen LogP contribution in [0.5, 0.6) is 0 Å². The van der Waals surface area contributed by atoms with Crippen LogP contribution in [0.2, 0.25) is 0 Å². The fraction of sp³-hybridized carbons (Fsp3) is 0.414. The van der Waals surface area contributed by atoms with Gasteiger partial charge in [0, 0.05) is 29.2 Å². The second kappa shape index (κ2) is 11.2. The number of sulfonamides is 1. The Kier molecular flexibility index (Phi) is 7.89. The number of nitrogens with zero attached hydrogens (tertiary/aromatic N) is 3. The van der Waals surface area contributed by atoms with Gasteiger partial charge in [0.1, 0.15) is 11.6 Å². The number of amides is 1. The molecule has 3 aromatic rings. The van der Waals surface area contributed by atoms with Crippen LogP contribution in [0.1, 0.15) is 54.1 Å². The van der Waals surface area contributed by atoms with Crippen LogP contribution in [-0.4, -0.2) is 60.1 Å². The third-order valence-corrected chi connectivity index (χ3v) is 10.0. The maximum Gasteiger partial charge on any atom is 0.254 e. The summed E-state index contributed by atoms with van der Waals surface area (Å²) in [7, 11) is -1.45. The molecule has 1 aliphatic heterocycles. The number of piperidine rings is 1. The highest BCUT2D eigenvalue weighted by molar-refractivity contribution is 7.94. The average molecular weight is 582 g/mol. The van der Waals surface area contributed by atoms with Crippen molar-refractivity contribution in [2.45, 2.75) is 57.2 Å². The molecule has 1 saturated heterocycles. The van der Waals surface area contributed by atoms with Gasteiger partial charge in [0.25, 0.3) is 5.91 Å². The minimum atomic E-state index is -3.49. The van der Waals surface area contributed by atoms with Gasteiger partial charge in [-0.2, -0.15) is 4.98 Å². The average Bonchev–Trinajstić information content (AvgIpc) is 3.68. The molecular weight excluding hydrogens is 545 g/mol. The molecule has 4 N–H and O–H groups in total. The first kappa shape index (κ1) is 28.7. The van der Waals surface area contributed by atoms with Gasteiger partial charge >= 0.3 is 0 Å². The summed E-state index contributed by atoms with van der Waals surface area (Å²) in [4.78, 5) is 23.7. The van der Waals surface area contributed by atoms with E-state index in [-0.39, 0.29) is 17.6 Å². The molecule has 2 heterocycles. The number of carbonyl (C=O) groups is 1. The number of halogens is 1. The molecule has 41 heavy (non-hydrogen) atoms. The summed E-state index contributed by atoms with van der Waals surface area (Å²) >= 11 is 0. The molecule has 0 radical (unpaired) electrons. The summed E-state index contributed by atoms with van der Waals surface area (Å²) in [6.07, 6.45) is 4.59. The smallest absolute Gasteiger partial charge is 0.254 e. The van der Waals surface area contributed by atoms with Gasteiger partial charge in [-0.25, -0.2) is 17.8 Å². The number of carbonyl (C=O) groups excluding carboxylic acids is 1. The Labute approximate surface area is 240 Å². The predicted octanol–water partition coefficient (Wildman–Crippen LogP) is 4.84. The number of aryl methyl sites for hydroxylation is 2. The molecule has 0 unspecified atom stereocenters. The van der Waals surface area contributed by atoms with Crippen LogP contribution in [0.15, 0.2) is 42.6 Å². The maximum absolute atomic E-state index is 14.9. The fourth-order valence-electron chi connectivity index (χ4n) is 4.61. The lowest BCUT2D eigenvalue weighted by molar-refractivity contribution is 0.0913. The number of anilines is 5. The number of hydrogen-bond donors (Lipinski definition) is 4. The molecule has 0 bridgehead atoms. The van der Waals surface area contributed by atoms with E-state index in [1.165, 1.54) is 12.1 Å². The van der Waals surface area contributed by atoms with Gasteiger partial charge in [0.2, 0.25) is 16.0 Å². The first-order valence-electron chi connectivity index (χ1n) is 13.7. The lowest BCUT2D eigenvalue weighted by Gasteiger charge is -2.29. The molecule has 1 aromatic heterocycles. The molecular formula is C29H36FN7O3S. The Hall–Kier alpha value is -3.77. The number of aromatic nitrogens is 2. The SMILES string of the molecule is Cc1ccc(Nc2nc(Nc3ccc(C(=O)NC4CCN(C)CC4)c(F)c3)ncc2C)cc1NS(=O)(=O)C1(C)CC1. The van der Waals surface area contributed by atoms with Gasteiger partial charge in [-0.05, 0) is 102 Å². The largest absolute Gasteiger partial charge is 0.349 e. The zero-order valence-corrected chi connectivity index (χ0v) is 24.5. The van der Waals surface area contributed by atoms with Crippen LogP contribution >= 0.6 is 0 Å². The molecule has 2 aliphatic rings. The molecule has 2 aromatic carbocycles. The molecule has 0 spiro atoms. The van der Waals surface area contributed by atoms with E-state index in [0.29, 0.717) is 35.7 Å². The summed E-state index contributed by atoms with van der Waals surface area (Å²) in [6.45, 7) is 7.23. The maximum atomic E-state index is 14.9. The van der Waals surface area contributed by atoms with Crippen molar-refractivity contribution in [2.24, 2.45) is 0 Å². The van der Waals surface area contributed by atoms with E-state index in [2.05, 4.69) is 35.5 Å². The van der Waals surface area contributed by atoms with Crippen LogP contribution in [0.3, 0.4) is 0 Å². The summed E-state index contributed by atoms with van der Waals surface area (Å²) in [5.41, 5.74) is 3.10. The topological polar surface area (TPSA) is 128 Å². The molecule has 2 fully saturated rings. The lowest BCUT2D eigenvalue weighted by atomic mass is 10.0. The summed E-state index contributed by atoms with van der Waals surface area (Å²) in [5, 5.41) is 9.16. The zero-order valence-electron chi connectivity index (χ0n) is 23.7. The van der Waals surface area contributed by atoms with Gasteiger partial charge in [-0.3, -0.25) is 9.52 Å². The van der Waals surface area contributed by atoms with E-state index in [0.717, 1.165) is 37.1 Å². The van der Waals surface area contributed by atoms with Crippen LogP contribution in [0.25, 0.3) is 0 Å². The third-order valence-electron chi connectivity index (χ3n) is 7.84. The first-order valence-corrected chi connectivity index (χ1v) is 15.2. The first-order chi connectivity index (χ1) is 19.4. The van der Waals surface area contributed by atoms with Crippen LogP contribution in [-0.2, 0) is 10.0 Å². The molecule has 0 atom stereocenters. The highest BCUT2D eigenvalue weighted by Gasteiger charge is 2.50. The number of rotatable bonds is 9. The molecule has 10 nitrogen and oxygen atoms in total. The van der Waals surface area contributed by atoms with Crippen LogP contribution < -0.4 is 20.7 Å². The van der Waals surface area contributed by atoms with Crippen LogP contribution in [0.4, 0.5) is 33.2 Å². The van der Waals surface area contributed by atoms with Crippen molar-refractivity contribution in [3.05, 3.63) is 65.1 Å². The van der Waals surface area contributed by atoms with E-state index in [1.54, 1.807) is 25.3 Å². The van der Waals surface area contributed by atoms with Crippen molar-refractivity contribution in [1.29, 1.82) is 0 Å². The summed E-state index contributed by atoms with van der Waals surface area (Å²) < 4.78 is 42.4. The standard InChI is InChI=1S/C29H36FN7O3S/c1-18-5-6-22(16-25(18)36-41(39,40)29(3)11-12-29)32-26-19(2)17-31-28(35-26)34-21-7-8-23(24(30)15-21)27(38)33-20-9-13-37(4)14-10-20/h5-8,15-17,20,36H,9-14H2,1-4H3,(H,33,38)(H2,31,32,34,35).